The van der Waals surface area contributed by atoms with E-state index >= 15 is 0 Å². The van der Waals surface area contributed by atoms with Crippen molar-refractivity contribution in [2.75, 3.05) is 4.90 Å². The summed E-state index contributed by atoms with van der Waals surface area (Å²) in [5.41, 5.74) is 1.56. The Kier molecular flexibility index (Phi) is 8.94. The van der Waals surface area contributed by atoms with E-state index in [-0.39, 0.29) is 11.8 Å². The Morgan fingerprint density at radius 3 is 1.93 bits per heavy atom. The van der Waals surface area contributed by atoms with Crippen molar-refractivity contribution < 1.29 is 20.0 Å². The van der Waals surface area contributed by atoms with Gasteiger partial charge in [-0.05, 0) is 55.0 Å². The molecule has 0 saturated carbocycles. The van der Waals surface area contributed by atoms with Gasteiger partial charge in [0.05, 0.1) is 0 Å². The molecule has 0 bridgehead atoms. The third-order valence-electron chi connectivity index (χ3n) is 6.20. The maximum Gasteiger partial charge on any atom is 0.323 e. The first kappa shape index (κ1) is 28.4. The molecule has 2 N–H and O–H groups in total. The number of aliphatic carboxylic acids is 1. The molecule has 206 valence electrons. The van der Waals surface area contributed by atoms with E-state index in [9.17, 15) is 24.8 Å². The van der Waals surface area contributed by atoms with Crippen LogP contribution in [0, 0.1) is 11.3 Å². The molecule has 0 saturated heterocycles. The number of nitrogens with zero attached hydrogens (tertiary/aromatic N) is 4. The van der Waals surface area contributed by atoms with Crippen molar-refractivity contribution in [2.24, 2.45) is 0 Å². The first-order valence-electron chi connectivity index (χ1n) is 12.6. The Balaban J connectivity index is 1.76. The summed E-state index contributed by atoms with van der Waals surface area (Å²) in [6.45, 7) is 0.699. The molecule has 4 rings (SSSR count). The fourth-order valence-electron chi connectivity index (χ4n) is 4.39. The number of hydrogen-bond acceptors (Lipinski definition) is 7. The van der Waals surface area contributed by atoms with Crippen LogP contribution in [0.3, 0.4) is 0 Å². The second-order valence-electron chi connectivity index (χ2n) is 8.73. The van der Waals surface area contributed by atoms with Crippen LogP contribution in [0.15, 0.2) is 101 Å². The number of hydrogen-bond donors (Lipinski definition) is 2. The Labute approximate surface area is 234 Å². The number of carboxylic acid groups (broad SMARTS) is 1. The van der Waals surface area contributed by atoms with Gasteiger partial charge in [0, 0.05) is 23.6 Å². The van der Waals surface area contributed by atoms with Crippen molar-refractivity contribution in [3.05, 3.63) is 128 Å². The maximum absolute atomic E-state index is 13.1. The van der Waals surface area contributed by atoms with Crippen molar-refractivity contribution in [1.29, 1.82) is 5.26 Å². The van der Waals surface area contributed by atoms with E-state index < -0.39 is 34.9 Å². The van der Waals surface area contributed by atoms with Crippen LogP contribution in [0.2, 0.25) is 0 Å². The van der Waals surface area contributed by atoms with Gasteiger partial charge in [0.15, 0.2) is 5.48 Å². The molecule has 10 heteroatoms. The molecule has 0 aliphatic carbocycles. The number of aromatic nitrogens is 2. The predicted molar refractivity (Wildman–Crippen MR) is 155 cm³/mol. The molecule has 10 nitrogen and oxygen atoms in total. The third-order valence-corrected chi connectivity index (χ3v) is 6.20. The zero-order chi connectivity index (χ0) is 29.4. The van der Waals surface area contributed by atoms with Gasteiger partial charge in [-0.25, -0.2) is 5.26 Å². The van der Waals surface area contributed by atoms with Gasteiger partial charge in [0.2, 0.25) is 0 Å². The normalized spacial score (nSPS) is 12.2. The third kappa shape index (κ3) is 6.16. The summed E-state index contributed by atoms with van der Waals surface area (Å²) in [6.07, 6.45) is 4.51. The molecule has 0 amide bonds. The van der Waals surface area contributed by atoms with Gasteiger partial charge in [-0.2, -0.15) is 5.26 Å². The molecule has 1 aromatic heterocycles. The first-order chi connectivity index (χ1) is 19.9. The predicted octanol–water partition coefficient (Wildman–Crippen LogP) is 3.20. The van der Waals surface area contributed by atoms with Gasteiger partial charge in [-0.15, -0.1) is 0 Å². The molecular weight excluding hydrogens is 524 g/mol. The number of para-hydroxylation sites is 2. The molecule has 1 heterocycles. The van der Waals surface area contributed by atoms with Crippen LogP contribution in [0.1, 0.15) is 12.5 Å². The highest BCUT2D eigenvalue weighted by molar-refractivity contribution is 5.77. The average molecular weight is 551 g/mol. The lowest BCUT2D eigenvalue weighted by molar-refractivity contribution is -0.170. The molecule has 0 aliphatic heterocycles. The van der Waals surface area contributed by atoms with Crippen LogP contribution in [-0.4, -0.2) is 25.5 Å². The molecule has 0 fully saturated rings. The lowest BCUT2D eigenvalue weighted by Gasteiger charge is -2.25. The summed E-state index contributed by atoms with van der Waals surface area (Å²) < 4.78 is 1.70. The smallest absolute Gasteiger partial charge is 0.323 e. The summed E-state index contributed by atoms with van der Waals surface area (Å²) in [5, 5.41) is 27.4. The fourth-order valence-corrected chi connectivity index (χ4v) is 4.39. The lowest BCUT2D eigenvalue weighted by atomic mass is 10.1. The average Bonchev–Trinajstić information content (AvgIpc) is 2.99. The van der Waals surface area contributed by atoms with E-state index in [1.54, 1.807) is 13.0 Å². The van der Waals surface area contributed by atoms with Crippen LogP contribution >= 0.6 is 0 Å². The number of benzene rings is 3. The number of anilines is 3. The van der Waals surface area contributed by atoms with E-state index in [2.05, 4.69) is 9.79 Å². The maximum atomic E-state index is 13.1. The van der Waals surface area contributed by atoms with E-state index in [1.165, 1.54) is 18.2 Å². The van der Waals surface area contributed by atoms with E-state index in [1.807, 2.05) is 84.9 Å². The molecule has 0 radical (unpaired) electrons. The number of carbonyl (C=O) groups is 1. The molecular formula is C31H26N4O6. The second kappa shape index (κ2) is 12.9. The monoisotopic (exact) mass is 550 g/mol. The number of allylic oxidation sites excluding steroid dienone is 1. The zero-order valence-electron chi connectivity index (χ0n) is 22.0. The van der Waals surface area contributed by atoms with Gasteiger partial charge in [-0.1, -0.05) is 60.7 Å². The molecule has 3 aromatic carbocycles. The van der Waals surface area contributed by atoms with Crippen LogP contribution in [0.4, 0.5) is 17.1 Å². The molecule has 0 aliphatic rings. The molecule has 4 aromatic rings. The molecule has 0 unspecified atom stereocenters. The Morgan fingerprint density at radius 1 is 0.902 bits per heavy atom. The van der Waals surface area contributed by atoms with Crippen LogP contribution in [-0.2, 0) is 22.8 Å². The van der Waals surface area contributed by atoms with E-state index in [0.29, 0.717) is 4.57 Å². The van der Waals surface area contributed by atoms with Gasteiger partial charge >= 0.3 is 5.97 Å². The van der Waals surface area contributed by atoms with Crippen molar-refractivity contribution in [2.45, 2.75) is 20.0 Å². The van der Waals surface area contributed by atoms with Gasteiger partial charge in [-0.3, -0.25) is 23.5 Å². The van der Waals surface area contributed by atoms with Crippen LogP contribution < -0.4 is 26.7 Å². The Bertz CT molecular complexity index is 1810. The fraction of sp³-hybridized carbons (Fsp3) is 0.0968. The van der Waals surface area contributed by atoms with Gasteiger partial charge < -0.3 is 14.9 Å². The summed E-state index contributed by atoms with van der Waals surface area (Å²) in [5.74, 6) is -2.16. The molecule has 41 heavy (non-hydrogen) atoms. The van der Waals surface area contributed by atoms with E-state index in [0.717, 1.165) is 27.2 Å². The van der Waals surface area contributed by atoms with Crippen LogP contribution in [0.5, 0.6) is 0 Å². The topological polar surface area (TPSA) is 138 Å². The van der Waals surface area contributed by atoms with Gasteiger partial charge in [0.1, 0.15) is 17.8 Å². The van der Waals surface area contributed by atoms with Gasteiger partial charge in [0.25, 0.3) is 16.9 Å². The van der Waals surface area contributed by atoms with Crippen molar-refractivity contribution >= 4 is 40.9 Å². The minimum Gasteiger partial charge on any atom is -0.480 e. The minimum atomic E-state index is -1.38. The standard InChI is InChI=1S/C31H26N4O6/c1-2-33-29(27(20-32)41-40)34(21-28(36)37)31(39)26(30(33)38)15-9-10-22-16-18-25(19-17-22)35(23-11-5-3-6-12-23)24-13-7-4-8-14-24/h3-19,40H,2,21H2,1H3,(H,36,37)/b10-9+,26-15+,29-27-. The molecule has 0 atom stereocenters. The largest absolute Gasteiger partial charge is 0.480 e. The number of carboxylic acids is 1. The highest BCUT2D eigenvalue weighted by Gasteiger charge is 2.16. The molecule has 0 spiro atoms. The second-order valence-corrected chi connectivity index (χ2v) is 8.73. The Morgan fingerprint density at radius 2 is 1.44 bits per heavy atom. The summed E-state index contributed by atoms with van der Waals surface area (Å²) >= 11 is 0. The highest BCUT2D eigenvalue weighted by Crippen LogP contribution is 2.34. The summed E-state index contributed by atoms with van der Waals surface area (Å²) in [6, 6.07) is 29.1. The Hall–Kier alpha value is -5.66. The lowest BCUT2D eigenvalue weighted by Crippen LogP contribution is -2.59. The quantitative estimate of drug-likeness (QED) is 0.239. The zero-order valence-corrected chi connectivity index (χ0v) is 22.0. The van der Waals surface area contributed by atoms with Crippen LogP contribution in [0.25, 0.3) is 17.9 Å². The van der Waals surface area contributed by atoms with Crippen molar-refractivity contribution in [3.8, 4) is 6.07 Å². The van der Waals surface area contributed by atoms with Crippen molar-refractivity contribution in [1.82, 2.24) is 9.13 Å². The first-order valence-corrected chi connectivity index (χ1v) is 12.6. The number of nitriles is 1. The summed E-state index contributed by atoms with van der Waals surface area (Å²) in [7, 11) is 0. The minimum absolute atomic E-state index is 0.0199. The number of rotatable bonds is 9. The summed E-state index contributed by atoms with van der Waals surface area (Å²) in [4.78, 5) is 43.9. The van der Waals surface area contributed by atoms with E-state index in [4.69, 9.17) is 5.26 Å². The highest BCUT2D eigenvalue weighted by atomic mass is 17.1. The van der Waals surface area contributed by atoms with Crippen molar-refractivity contribution in [3.63, 3.8) is 0 Å². The SMILES string of the molecule is CCn1c(=O)/c(=C\C=C\c2ccc(N(c3ccccc3)c3ccccc3)cc2)c(=O)n(CC(=O)O)/c1=C(/C#N)OO.